The fourth-order valence-corrected chi connectivity index (χ4v) is 4.67. The predicted molar refractivity (Wildman–Crippen MR) is 58.6 cm³/mol. The molecule has 0 amide bonds. The molecule has 0 aromatic carbocycles. The van der Waals surface area contributed by atoms with Crippen LogP contribution >= 0.6 is 0 Å². The SMILES string of the molecule is C1C[C@H]2CCC[C@H]3CCC[C@H](C1)B23. The number of rotatable bonds is 0. The van der Waals surface area contributed by atoms with Crippen molar-refractivity contribution in [3.05, 3.63) is 0 Å². The Morgan fingerprint density at radius 2 is 0.846 bits per heavy atom. The number of hydrogen-bond donors (Lipinski definition) is 0. The zero-order valence-corrected chi connectivity index (χ0v) is 8.67. The molecule has 3 fully saturated rings. The van der Waals surface area contributed by atoms with Crippen LogP contribution in [0.25, 0.3) is 0 Å². The summed E-state index contributed by atoms with van der Waals surface area (Å²) in [6, 6.07) is 0. The molecule has 3 aliphatic heterocycles. The lowest BCUT2D eigenvalue weighted by molar-refractivity contribution is 0.400. The summed E-state index contributed by atoms with van der Waals surface area (Å²) in [6.07, 6.45) is 14.1. The summed E-state index contributed by atoms with van der Waals surface area (Å²) >= 11 is 0. The van der Waals surface area contributed by atoms with Crippen molar-refractivity contribution in [1.82, 2.24) is 0 Å². The van der Waals surface area contributed by atoms with Crippen LogP contribution in [-0.4, -0.2) is 6.71 Å². The van der Waals surface area contributed by atoms with Gasteiger partial charge in [-0.2, -0.15) is 0 Å². The molecule has 0 unspecified atom stereocenters. The molecule has 0 aliphatic carbocycles. The minimum Gasteiger partial charge on any atom is -0.0617 e. The first-order valence-electron chi connectivity index (χ1n) is 6.45. The van der Waals surface area contributed by atoms with Crippen LogP contribution in [0.5, 0.6) is 0 Å². The molecule has 3 heterocycles. The van der Waals surface area contributed by atoms with Gasteiger partial charge in [-0.3, -0.25) is 0 Å². The van der Waals surface area contributed by atoms with Crippen molar-refractivity contribution in [3.8, 4) is 0 Å². The van der Waals surface area contributed by atoms with Crippen molar-refractivity contribution in [3.63, 3.8) is 0 Å². The average molecular weight is 176 g/mol. The maximum Gasteiger partial charge on any atom is 0.149 e. The van der Waals surface area contributed by atoms with Crippen LogP contribution in [-0.2, 0) is 0 Å². The van der Waals surface area contributed by atoms with Crippen molar-refractivity contribution in [2.75, 3.05) is 0 Å². The summed E-state index contributed by atoms with van der Waals surface area (Å²) in [5.41, 5.74) is 0. The highest BCUT2D eigenvalue weighted by molar-refractivity contribution is 6.64. The Bertz CT molecular complexity index is 144. The zero-order valence-electron chi connectivity index (χ0n) is 8.67. The van der Waals surface area contributed by atoms with Crippen LogP contribution < -0.4 is 0 Å². The van der Waals surface area contributed by atoms with Crippen molar-refractivity contribution in [2.45, 2.75) is 75.2 Å². The smallest absolute Gasteiger partial charge is 0.0617 e. The van der Waals surface area contributed by atoms with Crippen molar-refractivity contribution >= 4 is 6.71 Å². The van der Waals surface area contributed by atoms with E-state index in [4.69, 9.17) is 0 Å². The first-order chi connectivity index (χ1) is 6.45. The Hall–Kier alpha value is 0.0649. The molecule has 0 bridgehead atoms. The molecule has 3 saturated heterocycles. The first-order valence-corrected chi connectivity index (χ1v) is 6.45. The highest BCUT2D eigenvalue weighted by Gasteiger charge is 2.44. The second kappa shape index (κ2) is 3.33. The van der Waals surface area contributed by atoms with Crippen molar-refractivity contribution in [1.29, 1.82) is 0 Å². The third-order valence-electron chi connectivity index (χ3n) is 5.08. The van der Waals surface area contributed by atoms with Crippen LogP contribution in [0.3, 0.4) is 0 Å². The lowest BCUT2D eigenvalue weighted by Crippen LogP contribution is -2.40. The lowest BCUT2D eigenvalue weighted by atomic mass is 9.20. The molecule has 72 valence electrons. The Balaban J connectivity index is 1.82. The molecular weight excluding hydrogens is 155 g/mol. The molecule has 0 aromatic rings. The molecule has 0 N–H and O–H groups in total. The van der Waals surface area contributed by atoms with Crippen LogP contribution in [0.2, 0.25) is 17.5 Å². The van der Waals surface area contributed by atoms with E-state index in [1.54, 1.807) is 57.8 Å². The van der Waals surface area contributed by atoms with Crippen molar-refractivity contribution in [2.24, 2.45) is 0 Å². The van der Waals surface area contributed by atoms with E-state index in [-0.39, 0.29) is 0 Å². The third-order valence-corrected chi connectivity index (χ3v) is 5.08. The monoisotopic (exact) mass is 176 g/mol. The van der Waals surface area contributed by atoms with Gasteiger partial charge in [-0.25, -0.2) is 0 Å². The summed E-state index contributed by atoms with van der Waals surface area (Å²) in [7, 11) is 0. The minimum absolute atomic E-state index is 1.16. The highest BCUT2D eigenvalue weighted by Crippen LogP contribution is 2.54. The predicted octanol–water partition coefficient (Wildman–Crippen LogP) is 4.14. The van der Waals surface area contributed by atoms with Gasteiger partial charge in [0, 0.05) is 0 Å². The number of hydrogen-bond acceptors (Lipinski definition) is 0. The molecule has 0 atom stereocenters. The van der Waals surface area contributed by atoms with Crippen LogP contribution in [0.1, 0.15) is 57.8 Å². The standard InChI is InChI=1S/C12H21B/c1-4-10-6-2-8-12-9-3-7-11(5-1)13(10)12/h10-12H,1-9H2/t10-,11-,12-. The molecule has 3 aliphatic rings. The van der Waals surface area contributed by atoms with E-state index in [1.165, 1.54) is 6.71 Å². The maximum absolute atomic E-state index is 1.58. The maximum atomic E-state index is 1.58. The Morgan fingerprint density at radius 1 is 0.538 bits per heavy atom. The molecule has 0 saturated carbocycles. The van der Waals surface area contributed by atoms with E-state index in [0.29, 0.717) is 0 Å². The second-order valence-corrected chi connectivity index (χ2v) is 5.65. The Labute approximate surface area is 82.6 Å². The van der Waals surface area contributed by atoms with Gasteiger partial charge in [0.05, 0.1) is 0 Å². The lowest BCUT2D eigenvalue weighted by Gasteiger charge is -2.47. The van der Waals surface area contributed by atoms with Gasteiger partial charge in [-0.05, 0) is 0 Å². The zero-order chi connectivity index (χ0) is 8.67. The molecule has 13 heavy (non-hydrogen) atoms. The van der Waals surface area contributed by atoms with Crippen LogP contribution in [0, 0.1) is 0 Å². The van der Waals surface area contributed by atoms with Crippen LogP contribution in [0.4, 0.5) is 0 Å². The topological polar surface area (TPSA) is 0 Å². The fraction of sp³-hybridized carbons (Fsp3) is 1.00. The summed E-state index contributed by atoms with van der Waals surface area (Å²) in [5, 5.41) is 0. The van der Waals surface area contributed by atoms with E-state index in [0.717, 1.165) is 17.5 Å². The fourth-order valence-electron chi connectivity index (χ4n) is 4.67. The van der Waals surface area contributed by atoms with Gasteiger partial charge in [0.25, 0.3) is 0 Å². The molecule has 1 heteroatoms. The van der Waals surface area contributed by atoms with E-state index in [9.17, 15) is 0 Å². The van der Waals surface area contributed by atoms with E-state index in [2.05, 4.69) is 0 Å². The average Bonchev–Trinajstić information content (AvgIpc) is 2.19. The molecule has 0 aromatic heterocycles. The normalized spacial score (nSPS) is 44.3. The molecule has 0 radical (unpaired) electrons. The van der Waals surface area contributed by atoms with Crippen molar-refractivity contribution < 1.29 is 0 Å². The quantitative estimate of drug-likeness (QED) is 0.486. The molecular formula is C12H21B. The second-order valence-electron chi connectivity index (χ2n) is 5.65. The summed E-state index contributed by atoms with van der Waals surface area (Å²) < 4.78 is 0. The molecule has 3 rings (SSSR count). The minimum atomic E-state index is 1.16. The highest BCUT2D eigenvalue weighted by atomic mass is 14.3. The van der Waals surface area contributed by atoms with Gasteiger partial charge in [-0.15, -0.1) is 0 Å². The van der Waals surface area contributed by atoms with E-state index in [1.807, 2.05) is 0 Å². The van der Waals surface area contributed by atoms with Crippen LogP contribution in [0.15, 0.2) is 0 Å². The summed E-state index contributed by atoms with van der Waals surface area (Å²) in [4.78, 5) is 0. The van der Waals surface area contributed by atoms with Gasteiger partial charge < -0.3 is 0 Å². The van der Waals surface area contributed by atoms with Gasteiger partial charge >= 0.3 is 0 Å². The Kier molecular flexibility index (Phi) is 2.15. The van der Waals surface area contributed by atoms with Gasteiger partial charge in [0.2, 0.25) is 0 Å². The third kappa shape index (κ3) is 1.35. The largest absolute Gasteiger partial charge is 0.149 e. The van der Waals surface area contributed by atoms with Gasteiger partial charge in [0.15, 0.2) is 0 Å². The van der Waals surface area contributed by atoms with E-state index >= 15 is 0 Å². The molecule has 0 spiro atoms. The van der Waals surface area contributed by atoms with E-state index < -0.39 is 0 Å². The first kappa shape index (κ1) is 8.38. The molecule has 0 nitrogen and oxygen atoms in total. The Morgan fingerprint density at radius 3 is 1.15 bits per heavy atom. The summed E-state index contributed by atoms with van der Waals surface area (Å²) in [6.45, 7) is 1.19. The van der Waals surface area contributed by atoms with Gasteiger partial charge in [-0.1, -0.05) is 75.2 Å². The summed E-state index contributed by atoms with van der Waals surface area (Å²) in [5.74, 6) is 3.49. The van der Waals surface area contributed by atoms with Gasteiger partial charge in [0.1, 0.15) is 6.71 Å².